The van der Waals surface area contributed by atoms with Crippen LogP contribution in [0.25, 0.3) is 0 Å². The molecule has 0 aliphatic heterocycles. The molecule has 0 saturated heterocycles. The van der Waals surface area contributed by atoms with Gasteiger partial charge in [0, 0.05) is 12.1 Å². The minimum absolute atomic E-state index is 0.0401. The van der Waals surface area contributed by atoms with Gasteiger partial charge in [0.1, 0.15) is 6.10 Å². The van der Waals surface area contributed by atoms with Gasteiger partial charge in [0.15, 0.2) is 0 Å². The van der Waals surface area contributed by atoms with Crippen molar-refractivity contribution in [1.82, 2.24) is 0 Å². The highest BCUT2D eigenvalue weighted by Crippen LogP contribution is 2.26. The molecule has 0 amide bonds. The number of benzene rings is 1. The summed E-state index contributed by atoms with van der Waals surface area (Å²) in [6, 6.07) is 5.45. The van der Waals surface area contributed by atoms with Crippen molar-refractivity contribution in [3.05, 3.63) is 39.9 Å². The van der Waals surface area contributed by atoms with Gasteiger partial charge in [0.05, 0.1) is 10.5 Å². The van der Waals surface area contributed by atoms with E-state index in [2.05, 4.69) is 0 Å². The Kier molecular flexibility index (Phi) is 3.06. The van der Waals surface area contributed by atoms with Gasteiger partial charge in [-0.25, -0.2) is 0 Å². The lowest BCUT2D eigenvalue weighted by Crippen LogP contribution is -2.28. The maximum absolute atomic E-state index is 10.4. The van der Waals surface area contributed by atoms with E-state index >= 15 is 0 Å². The first kappa shape index (κ1) is 11.6. The Morgan fingerprint density at radius 2 is 1.80 bits per heavy atom. The van der Waals surface area contributed by atoms with Crippen molar-refractivity contribution >= 4 is 5.69 Å². The van der Waals surface area contributed by atoms with Gasteiger partial charge in [-0.3, -0.25) is 10.1 Å². The summed E-state index contributed by atoms with van der Waals surface area (Å²) >= 11 is 0. The molecule has 0 fully saturated rings. The van der Waals surface area contributed by atoms with Crippen LogP contribution in [0.15, 0.2) is 24.3 Å². The van der Waals surface area contributed by atoms with Crippen molar-refractivity contribution in [1.29, 1.82) is 0 Å². The Labute approximate surface area is 87.1 Å². The van der Waals surface area contributed by atoms with Crippen LogP contribution in [-0.4, -0.2) is 20.7 Å². The molecule has 0 aliphatic rings. The fraction of sp³-hybridized carbons (Fsp3) is 0.400. The molecule has 1 aromatic carbocycles. The molecule has 1 rings (SSSR count). The molecule has 2 N–H and O–H groups in total. The molecule has 15 heavy (non-hydrogen) atoms. The summed E-state index contributed by atoms with van der Waals surface area (Å²) in [7, 11) is 0. The van der Waals surface area contributed by atoms with Crippen molar-refractivity contribution in [2.75, 3.05) is 0 Å². The maximum atomic E-state index is 10.4. The number of aliphatic hydroxyl groups excluding tert-OH is 1. The highest BCUT2D eigenvalue weighted by molar-refractivity contribution is 5.34. The van der Waals surface area contributed by atoms with E-state index < -0.39 is 16.6 Å². The first-order chi connectivity index (χ1) is 6.82. The highest BCUT2D eigenvalue weighted by atomic mass is 16.6. The molecule has 5 nitrogen and oxygen atoms in total. The lowest BCUT2D eigenvalue weighted by atomic mass is 9.95. The van der Waals surface area contributed by atoms with Crippen LogP contribution < -0.4 is 0 Å². The summed E-state index contributed by atoms with van der Waals surface area (Å²) in [6.07, 6.45) is -1.06. The fourth-order valence-corrected chi connectivity index (χ4v) is 1.19. The minimum atomic E-state index is -1.27. The number of nitro benzene ring substituents is 1. The smallest absolute Gasteiger partial charge is 0.269 e. The Morgan fingerprint density at radius 3 is 2.13 bits per heavy atom. The second-order valence-electron chi connectivity index (χ2n) is 3.90. The molecular weight excluding hydrogens is 198 g/mol. The second kappa shape index (κ2) is 3.96. The predicted molar refractivity (Wildman–Crippen MR) is 54.4 cm³/mol. The number of non-ortho nitro benzene ring substituents is 1. The van der Waals surface area contributed by atoms with Crippen LogP contribution in [0.2, 0.25) is 0 Å². The topological polar surface area (TPSA) is 83.6 Å². The standard InChI is InChI=1S/C10H13NO4/c1-10(2,13)9(12)7-3-5-8(6-4-7)11(14)15/h3-6,9,12-13H,1-2H3. The van der Waals surface area contributed by atoms with E-state index in [1.165, 1.54) is 38.1 Å². The minimum Gasteiger partial charge on any atom is -0.387 e. The lowest BCUT2D eigenvalue weighted by Gasteiger charge is -2.24. The molecule has 0 radical (unpaired) electrons. The zero-order valence-corrected chi connectivity index (χ0v) is 8.54. The van der Waals surface area contributed by atoms with Gasteiger partial charge in [0.2, 0.25) is 0 Å². The van der Waals surface area contributed by atoms with Crippen LogP contribution in [0.4, 0.5) is 5.69 Å². The van der Waals surface area contributed by atoms with Crippen LogP contribution in [0, 0.1) is 10.1 Å². The van der Waals surface area contributed by atoms with Crippen molar-refractivity contribution in [2.24, 2.45) is 0 Å². The van der Waals surface area contributed by atoms with Gasteiger partial charge in [-0.15, -0.1) is 0 Å². The van der Waals surface area contributed by atoms with Gasteiger partial charge < -0.3 is 10.2 Å². The predicted octanol–water partition coefficient (Wildman–Crippen LogP) is 1.40. The van der Waals surface area contributed by atoms with Crippen LogP contribution in [-0.2, 0) is 0 Å². The Hall–Kier alpha value is -1.46. The summed E-state index contributed by atoms with van der Waals surface area (Å²) < 4.78 is 0. The monoisotopic (exact) mass is 211 g/mol. The van der Waals surface area contributed by atoms with E-state index in [4.69, 9.17) is 0 Å². The average molecular weight is 211 g/mol. The normalized spacial score (nSPS) is 13.6. The molecule has 0 spiro atoms. The third-order valence-corrected chi connectivity index (χ3v) is 2.09. The highest BCUT2D eigenvalue weighted by Gasteiger charge is 2.26. The van der Waals surface area contributed by atoms with E-state index in [1.807, 2.05) is 0 Å². The maximum Gasteiger partial charge on any atom is 0.269 e. The zero-order valence-electron chi connectivity index (χ0n) is 8.54. The molecule has 0 aromatic heterocycles. The number of hydrogen-bond donors (Lipinski definition) is 2. The quantitative estimate of drug-likeness (QED) is 0.584. The van der Waals surface area contributed by atoms with Gasteiger partial charge >= 0.3 is 0 Å². The van der Waals surface area contributed by atoms with Crippen LogP contribution in [0.3, 0.4) is 0 Å². The van der Waals surface area contributed by atoms with E-state index in [9.17, 15) is 20.3 Å². The molecule has 0 saturated carbocycles. The molecule has 5 heteroatoms. The molecule has 1 aromatic rings. The molecule has 1 unspecified atom stereocenters. The van der Waals surface area contributed by atoms with E-state index in [0.717, 1.165) is 0 Å². The first-order valence-corrected chi connectivity index (χ1v) is 4.47. The van der Waals surface area contributed by atoms with Crippen molar-refractivity contribution in [2.45, 2.75) is 25.6 Å². The molecule has 82 valence electrons. The van der Waals surface area contributed by atoms with Crippen molar-refractivity contribution in [3.63, 3.8) is 0 Å². The summed E-state index contributed by atoms with van der Waals surface area (Å²) in [5.74, 6) is 0. The van der Waals surface area contributed by atoms with Crippen molar-refractivity contribution in [3.8, 4) is 0 Å². The number of rotatable bonds is 3. The Bertz CT molecular complexity index is 353. The molecule has 0 bridgehead atoms. The SMILES string of the molecule is CC(C)(O)C(O)c1ccc([N+](=O)[O-])cc1. The summed E-state index contributed by atoms with van der Waals surface area (Å²) in [6.45, 7) is 2.94. The average Bonchev–Trinajstić information content (AvgIpc) is 2.15. The van der Waals surface area contributed by atoms with E-state index in [1.54, 1.807) is 0 Å². The van der Waals surface area contributed by atoms with Crippen LogP contribution in [0.1, 0.15) is 25.5 Å². The summed E-state index contributed by atoms with van der Waals surface area (Å²) in [5, 5.41) is 29.6. The van der Waals surface area contributed by atoms with Gasteiger partial charge in [-0.1, -0.05) is 0 Å². The third-order valence-electron chi connectivity index (χ3n) is 2.09. The van der Waals surface area contributed by atoms with E-state index in [0.29, 0.717) is 5.56 Å². The second-order valence-corrected chi connectivity index (χ2v) is 3.90. The summed E-state index contributed by atoms with van der Waals surface area (Å²) in [4.78, 5) is 9.86. The largest absolute Gasteiger partial charge is 0.387 e. The van der Waals surface area contributed by atoms with Crippen molar-refractivity contribution < 1.29 is 15.1 Å². The molecule has 1 atom stereocenters. The molecule has 0 aliphatic carbocycles. The van der Waals surface area contributed by atoms with E-state index in [-0.39, 0.29) is 5.69 Å². The molecule has 0 heterocycles. The zero-order chi connectivity index (χ0) is 11.6. The number of hydrogen-bond acceptors (Lipinski definition) is 4. The molecular formula is C10H13NO4. The summed E-state index contributed by atoms with van der Waals surface area (Å²) in [5.41, 5.74) is -0.856. The Morgan fingerprint density at radius 1 is 1.33 bits per heavy atom. The third kappa shape index (κ3) is 2.74. The number of nitrogens with zero attached hydrogens (tertiary/aromatic N) is 1. The van der Waals surface area contributed by atoms with Gasteiger partial charge in [0.25, 0.3) is 5.69 Å². The first-order valence-electron chi connectivity index (χ1n) is 4.47. The Balaban J connectivity index is 2.94. The van der Waals surface area contributed by atoms with Gasteiger partial charge in [-0.05, 0) is 31.5 Å². The number of nitro groups is 1. The lowest BCUT2D eigenvalue weighted by molar-refractivity contribution is -0.384. The number of aliphatic hydroxyl groups is 2. The van der Waals surface area contributed by atoms with Crippen LogP contribution >= 0.6 is 0 Å². The van der Waals surface area contributed by atoms with Gasteiger partial charge in [-0.2, -0.15) is 0 Å². The van der Waals surface area contributed by atoms with Crippen LogP contribution in [0.5, 0.6) is 0 Å². The fourth-order valence-electron chi connectivity index (χ4n) is 1.19.